The maximum Gasteiger partial charge on any atom is 0.440 e. The summed E-state index contributed by atoms with van der Waals surface area (Å²) in [5, 5.41) is 0.876. The van der Waals surface area contributed by atoms with Crippen LogP contribution in [0.15, 0.2) is 24.0 Å². The highest BCUT2D eigenvalue weighted by Gasteiger charge is 2.32. The van der Waals surface area contributed by atoms with Crippen molar-refractivity contribution in [2.24, 2.45) is 0 Å². The molecule has 1 N–H and O–H groups in total. The normalized spacial score (nSPS) is 18.7. The summed E-state index contributed by atoms with van der Waals surface area (Å²) in [5.41, 5.74) is 2.52. The number of benzene rings is 1. The van der Waals surface area contributed by atoms with E-state index in [1.165, 1.54) is 0 Å². The molecule has 1 aromatic carbocycles. The van der Waals surface area contributed by atoms with Crippen molar-refractivity contribution >= 4 is 79.8 Å². The van der Waals surface area contributed by atoms with Crippen LogP contribution in [-0.2, 0) is 19.0 Å². The summed E-state index contributed by atoms with van der Waals surface area (Å²) in [7, 11) is -4.05. The SMILES string of the molecule is O=S1(=O)ONN(c2c(Br)cc(Br)c(Br)c2Br)O1. The van der Waals surface area contributed by atoms with E-state index in [9.17, 15) is 8.42 Å². The Bertz CT molecular complexity index is 578. The van der Waals surface area contributed by atoms with Crippen LogP contribution in [0.1, 0.15) is 0 Å². The Morgan fingerprint density at radius 1 is 1.12 bits per heavy atom. The van der Waals surface area contributed by atoms with Crippen LogP contribution in [0.3, 0.4) is 0 Å². The molecule has 0 aromatic heterocycles. The second-order valence-corrected chi connectivity index (χ2v) is 7.20. The quantitative estimate of drug-likeness (QED) is 0.456. The molecule has 1 aromatic rings. The molecule has 2 rings (SSSR count). The van der Waals surface area contributed by atoms with Crippen LogP contribution in [0, 0.1) is 0 Å². The lowest BCUT2D eigenvalue weighted by Gasteiger charge is -2.16. The van der Waals surface area contributed by atoms with E-state index in [2.05, 4.69) is 77.9 Å². The molecular formula is C6H2Br4N2O4S. The van der Waals surface area contributed by atoms with Crippen LogP contribution in [0.5, 0.6) is 0 Å². The van der Waals surface area contributed by atoms with Gasteiger partial charge in [0.05, 0.1) is 4.47 Å². The largest absolute Gasteiger partial charge is 0.440 e. The number of nitrogens with one attached hydrogen (secondary N) is 1. The van der Waals surface area contributed by atoms with Crippen molar-refractivity contribution in [3.63, 3.8) is 0 Å². The molecule has 1 saturated heterocycles. The highest BCUT2D eigenvalue weighted by Crippen LogP contribution is 2.43. The maximum atomic E-state index is 11.0. The van der Waals surface area contributed by atoms with Gasteiger partial charge in [-0.2, -0.15) is 8.42 Å². The van der Waals surface area contributed by atoms with Crippen molar-refractivity contribution in [1.29, 1.82) is 0 Å². The van der Waals surface area contributed by atoms with Crippen molar-refractivity contribution < 1.29 is 17.0 Å². The van der Waals surface area contributed by atoms with Crippen molar-refractivity contribution in [1.82, 2.24) is 5.59 Å². The van der Waals surface area contributed by atoms with Gasteiger partial charge in [-0.25, -0.2) is 0 Å². The van der Waals surface area contributed by atoms with Crippen molar-refractivity contribution in [2.75, 3.05) is 5.17 Å². The van der Waals surface area contributed by atoms with E-state index < -0.39 is 10.4 Å². The number of hydrogen-bond acceptors (Lipinski definition) is 6. The number of nitrogens with zero attached hydrogens (tertiary/aromatic N) is 1. The third-order valence-corrected chi connectivity index (χ3v) is 6.18. The standard InChI is InChI=1S/C6H2Br4N2O4S/c7-2-1-3(8)6(5(10)4(2)9)12-11-15-17(13,14)16-12/h1,11H. The Hall–Kier alpha value is 0.770. The molecule has 0 saturated carbocycles. The van der Waals surface area contributed by atoms with Crippen LogP contribution in [0.25, 0.3) is 0 Å². The summed E-state index contributed by atoms with van der Waals surface area (Å²) < 4.78 is 33.4. The minimum atomic E-state index is -4.05. The fourth-order valence-corrected chi connectivity index (χ4v) is 4.25. The number of halogens is 4. The third kappa shape index (κ3) is 2.86. The van der Waals surface area contributed by atoms with E-state index in [1.807, 2.05) is 0 Å². The van der Waals surface area contributed by atoms with Crippen molar-refractivity contribution in [2.45, 2.75) is 0 Å². The number of hydrogen-bond donors (Lipinski definition) is 1. The van der Waals surface area contributed by atoms with E-state index >= 15 is 0 Å². The lowest BCUT2D eigenvalue weighted by Crippen LogP contribution is -2.29. The second kappa shape index (κ2) is 5.04. The lowest BCUT2D eigenvalue weighted by atomic mass is 10.3. The van der Waals surface area contributed by atoms with Gasteiger partial charge in [-0.15, -0.1) is 13.7 Å². The molecule has 0 radical (unpaired) electrons. The average Bonchev–Trinajstić information content (AvgIpc) is 2.55. The van der Waals surface area contributed by atoms with Gasteiger partial charge in [-0.05, 0) is 69.8 Å². The number of rotatable bonds is 1. The highest BCUT2D eigenvalue weighted by atomic mass is 79.9. The van der Waals surface area contributed by atoms with Crippen LogP contribution in [-0.4, -0.2) is 8.42 Å². The van der Waals surface area contributed by atoms with Crippen LogP contribution >= 0.6 is 63.7 Å². The average molecular weight is 518 g/mol. The van der Waals surface area contributed by atoms with Crippen LogP contribution < -0.4 is 10.8 Å². The maximum absolute atomic E-state index is 11.0. The fraction of sp³-hybridized carbons (Fsp3) is 0. The third-order valence-electron chi connectivity index (χ3n) is 1.68. The Morgan fingerprint density at radius 3 is 2.29 bits per heavy atom. The Kier molecular flexibility index (Phi) is 4.20. The highest BCUT2D eigenvalue weighted by molar-refractivity contribution is 9.14. The number of anilines is 1. The first-order chi connectivity index (χ1) is 7.82. The van der Waals surface area contributed by atoms with Gasteiger partial charge in [0.15, 0.2) is 0 Å². The number of hydrazine groups is 1. The van der Waals surface area contributed by atoms with Gasteiger partial charge >= 0.3 is 10.4 Å². The minimum absolute atomic E-state index is 0.404. The zero-order valence-electron chi connectivity index (χ0n) is 7.58. The molecule has 6 nitrogen and oxygen atoms in total. The van der Waals surface area contributed by atoms with Gasteiger partial charge in [0.1, 0.15) is 5.69 Å². The first-order valence-corrected chi connectivity index (χ1v) is 8.34. The molecule has 1 aliphatic heterocycles. The molecule has 0 spiro atoms. The molecule has 1 heterocycles. The van der Waals surface area contributed by atoms with Gasteiger partial charge in [0.25, 0.3) is 0 Å². The Labute approximate surface area is 130 Å². The van der Waals surface area contributed by atoms with Crippen molar-refractivity contribution in [3.8, 4) is 0 Å². The van der Waals surface area contributed by atoms with E-state index in [1.54, 1.807) is 6.07 Å². The predicted octanol–water partition coefficient (Wildman–Crippen LogP) is 3.17. The molecule has 17 heavy (non-hydrogen) atoms. The van der Waals surface area contributed by atoms with E-state index in [0.717, 1.165) is 9.64 Å². The van der Waals surface area contributed by atoms with Gasteiger partial charge in [-0.3, -0.25) is 0 Å². The smallest absolute Gasteiger partial charge is 0.165 e. The second-order valence-electron chi connectivity index (χ2n) is 2.77. The fourth-order valence-electron chi connectivity index (χ4n) is 1.03. The minimum Gasteiger partial charge on any atom is -0.165 e. The van der Waals surface area contributed by atoms with E-state index in [-0.39, 0.29) is 0 Å². The summed E-state index contributed by atoms with van der Waals surface area (Å²) in [5.74, 6) is 0. The monoisotopic (exact) mass is 514 g/mol. The molecule has 11 heteroatoms. The Morgan fingerprint density at radius 2 is 1.76 bits per heavy atom. The molecule has 0 aliphatic carbocycles. The van der Waals surface area contributed by atoms with E-state index in [0.29, 0.717) is 19.1 Å². The summed E-state index contributed by atoms with van der Waals surface area (Å²) in [6.45, 7) is 0. The zero-order chi connectivity index (χ0) is 12.8. The predicted molar refractivity (Wildman–Crippen MR) is 73.9 cm³/mol. The van der Waals surface area contributed by atoms with Crippen molar-refractivity contribution in [3.05, 3.63) is 24.0 Å². The zero-order valence-corrected chi connectivity index (χ0v) is 14.7. The summed E-state index contributed by atoms with van der Waals surface area (Å²) in [4.78, 5) is 0. The van der Waals surface area contributed by atoms with Crippen LogP contribution in [0.2, 0.25) is 0 Å². The molecule has 0 bridgehead atoms. The lowest BCUT2D eigenvalue weighted by molar-refractivity contribution is 0.197. The Balaban J connectivity index is 2.50. The molecule has 94 valence electrons. The first-order valence-electron chi connectivity index (χ1n) is 3.83. The van der Waals surface area contributed by atoms with Gasteiger partial charge in [0.2, 0.25) is 0 Å². The molecule has 0 atom stereocenters. The van der Waals surface area contributed by atoms with Gasteiger partial charge in [-0.1, -0.05) is 5.59 Å². The summed E-state index contributed by atoms with van der Waals surface area (Å²) in [6.07, 6.45) is 0. The summed E-state index contributed by atoms with van der Waals surface area (Å²) >= 11 is 13.2. The first kappa shape index (κ1) is 14.2. The van der Waals surface area contributed by atoms with E-state index in [4.69, 9.17) is 0 Å². The van der Waals surface area contributed by atoms with Gasteiger partial charge in [0, 0.05) is 13.4 Å². The topological polar surface area (TPSA) is 67.9 Å². The molecule has 0 unspecified atom stereocenters. The molecule has 1 aliphatic rings. The summed E-state index contributed by atoms with van der Waals surface area (Å²) in [6, 6.07) is 1.72. The molecule has 1 fully saturated rings. The molecule has 0 amide bonds. The van der Waals surface area contributed by atoms with Crippen LogP contribution in [0.4, 0.5) is 5.69 Å². The molecular weight excluding hydrogens is 516 g/mol. The van der Waals surface area contributed by atoms with Gasteiger partial charge < -0.3 is 0 Å².